The molecule has 2 rings (SSSR count). The van der Waals surface area contributed by atoms with Crippen molar-refractivity contribution in [3.63, 3.8) is 0 Å². The van der Waals surface area contributed by atoms with Gasteiger partial charge >= 0.3 is 5.97 Å². The summed E-state index contributed by atoms with van der Waals surface area (Å²) in [5.41, 5.74) is 6.12. The van der Waals surface area contributed by atoms with Gasteiger partial charge in [0, 0.05) is 42.7 Å². The van der Waals surface area contributed by atoms with E-state index in [2.05, 4.69) is 18.7 Å². The molecule has 0 aromatic heterocycles. The summed E-state index contributed by atoms with van der Waals surface area (Å²) in [4.78, 5) is 27.8. The van der Waals surface area contributed by atoms with Gasteiger partial charge < -0.3 is 50.7 Å². The number of aliphatic hydroxyl groups excluding tert-OH is 2. The molecule has 0 aromatic rings. The summed E-state index contributed by atoms with van der Waals surface area (Å²) in [6.07, 6.45) is 4.48. The maximum Gasteiger partial charge on any atom is 0.313 e. The summed E-state index contributed by atoms with van der Waals surface area (Å²) in [5.74, 6) is -0.591. The lowest BCUT2D eigenvalue weighted by Crippen LogP contribution is -2.47. The number of nitrogens with two attached hydrogens (primary N) is 1. The van der Waals surface area contributed by atoms with Crippen LogP contribution in [0.3, 0.4) is 0 Å². The molecular formula is C37H78N2O10. The summed E-state index contributed by atoms with van der Waals surface area (Å²) < 4.78 is 22.9. The smallest absolute Gasteiger partial charge is 0.313 e. The highest BCUT2D eigenvalue weighted by Crippen LogP contribution is 2.33. The summed E-state index contributed by atoms with van der Waals surface area (Å²) in [6, 6.07) is 0.466. The highest BCUT2D eigenvalue weighted by Gasteiger charge is 2.39. The van der Waals surface area contributed by atoms with Gasteiger partial charge in [0.2, 0.25) is 0 Å². The van der Waals surface area contributed by atoms with Crippen molar-refractivity contribution in [1.29, 1.82) is 0 Å². The lowest BCUT2D eigenvalue weighted by molar-refractivity contribution is -0.239. The van der Waals surface area contributed by atoms with Crippen molar-refractivity contribution >= 4 is 11.8 Å². The fourth-order valence-electron chi connectivity index (χ4n) is 7.14. The number of aliphatic hydroxyl groups is 2. The Hall–Kier alpha value is -1.22. The van der Waals surface area contributed by atoms with Crippen LogP contribution in [0.5, 0.6) is 0 Å². The van der Waals surface area contributed by atoms with Gasteiger partial charge in [0.25, 0.3) is 0 Å². The molecule has 296 valence electrons. The molecule has 13 atom stereocenters. The number of nitrogens with zero attached hydrogens (tertiary/aromatic N) is 1. The maximum absolute atomic E-state index is 12.8. The van der Waals surface area contributed by atoms with Crippen LogP contribution in [0.1, 0.15) is 134 Å². The lowest BCUT2D eigenvalue weighted by atomic mass is 9.77. The summed E-state index contributed by atoms with van der Waals surface area (Å²) >= 11 is 0. The van der Waals surface area contributed by atoms with Crippen molar-refractivity contribution < 1.29 is 49.7 Å². The third-order valence-electron chi connectivity index (χ3n) is 9.50. The normalized spacial score (nSPS) is 28.7. The molecule has 0 amide bonds. The number of rotatable bonds is 16. The molecule has 0 saturated carbocycles. The van der Waals surface area contributed by atoms with Crippen molar-refractivity contribution in [1.82, 2.24) is 4.90 Å². The summed E-state index contributed by atoms with van der Waals surface area (Å²) in [5, 5.41) is 19.1. The van der Waals surface area contributed by atoms with Gasteiger partial charge in [-0.1, -0.05) is 55.4 Å². The number of ether oxygens (including phenoxy) is 4. The van der Waals surface area contributed by atoms with Gasteiger partial charge in [-0.2, -0.15) is 0 Å². The van der Waals surface area contributed by atoms with Gasteiger partial charge in [-0.15, -0.1) is 0 Å². The van der Waals surface area contributed by atoms with Gasteiger partial charge in [0.15, 0.2) is 18.9 Å². The van der Waals surface area contributed by atoms with E-state index in [9.17, 15) is 19.8 Å². The summed E-state index contributed by atoms with van der Waals surface area (Å²) in [6.45, 7) is 19.8. The molecule has 7 unspecified atom stereocenters. The number of hydrogen-bond donors (Lipinski definition) is 3. The number of esters is 1. The first-order chi connectivity index (χ1) is 21.3. The molecule has 12 heteroatoms. The van der Waals surface area contributed by atoms with Gasteiger partial charge in [-0.25, -0.2) is 0 Å². The van der Waals surface area contributed by atoms with E-state index in [1.165, 1.54) is 0 Å². The zero-order valence-corrected chi connectivity index (χ0v) is 32.2. The zero-order valence-electron chi connectivity index (χ0n) is 32.2. The first-order valence-electron chi connectivity index (χ1n) is 17.8. The minimum atomic E-state index is -1.14. The monoisotopic (exact) mass is 711 g/mol. The number of Topliss-reactive ketones (excluding diaryl/α,β-unsaturated/α-hetero) is 1. The first-order valence-corrected chi connectivity index (χ1v) is 17.8. The van der Waals surface area contributed by atoms with E-state index in [0.29, 0.717) is 31.2 Å². The molecule has 0 aliphatic carbocycles. The van der Waals surface area contributed by atoms with Gasteiger partial charge in [-0.05, 0) is 85.7 Å². The molecular weight excluding hydrogens is 632 g/mol. The van der Waals surface area contributed by atoms with Crippen LogP contribution in [0.25, 0.3) is 0 Å². The Morgan fingerprint density at radius 1 is 0.939 bits per heavy atom. The van der Waals surface area contributed by atoms with Crippen molar-refractivity contribution in [2.75, 3.05) is 14.1 Å². The molecule has 0 bridgehead atoms. The van der Waals surface area contributed by atoms with E-state index in [1.54, 1.807) is 13.8 Å². The van der Waals surface area contributed by atoms with Crippen LogP contribution in [0.4, 0.5) is 0 Å². The quantitative estimate of drug-likeness (QED) is 0.150. The first kappa shape index (κ1) is 52.1. The third-order valence-corrected chi connectivity index (χ3v) is 9.50. The lowest BCUT2D eigenvalue weighted by Gasteiger charge is -2.39. The molecule has 2 fully saturated rings. The highest BCUT2D eigenvalue weighted by atomic mass is 16.7. The van der Waals surface area contributed by atoms with E-state index >= 15 is 0 Å². The second-order valence-electron chi connectivity index (χ2n) is 15.2. The Morgan fingerprint density at radius 3 is 2.00 bits per heavy atom. The van der Waals surface area contributed by atoms with Crippen LogP contribution in [-0.4, -0.2) is 101 Å². The fourth-order valence-corrected chi connectivity index (χ4v) is 7.14. The summed E-state index contributed by atoms with van der Waals surface area (Å²) in [7, 11) is 4.07. The molecule has 2 aliphatic heterocycles. The van der Waals surface area contributed by atoms with E-state index in [1.807, 2.05) is 55.6 Å². The number of carbonyl (C=O) groups is 2. The largest absolute Gasteiger partial charge is 0.436 e. The second-order valence-corrected chi connectivity index (χ2v) is 15.2. The predicted octanol–water partition coefficient (Wildman–Crippen LogP) is 4.64. The Balaban J connectivity index is -0.00000128. The Labute approximate surface area is 298 Å². The van der Waals surface area contributed by atoms with Gasteiger partial charge in [0.1, 0.15) is 5.78 Å². The molecule has 12 nitrogen and oxygen atoms in total. The number of carbonyl (C=O) groups excluding carboxylic acids is 2. The minimum absolute atomic E-state index is 0. The maximum atomic E-state index is 12.8. The van der Waals surface area contributed by atoms with Gasteiger partial charge in [0.05, 0.1) is 24.2 Å². The molecule has 2 aliphatic rings. The van der Waals surface area contributed by atoms with Crippen molar-refractivity contribution in [2.45, 2.75) is 183 Å². The van der Waals surface area contributed by atoms with Crippen LogP contribution < -0.4 is 5.73 Å². The number of ketones is 1. The fraction of sp³-hybridized carbons (Fsp3) is 0.946. The van der Waals surface area contributed by atoms with E-state index in [-0.39, 0.29) is 54.1 Å². The average Bonchev–Trinajstić information content (AvgIpc) is 2.93. The van der Waals surface area contributed by atoms with Crippen LogP contribution in [-0.2, 0) is 28.5 Å². The Morgan fingerprint density at radius 2 is 1.51 bits per heavy atom. The van der Waals surface area contributed by atoms with Crippen LogP contribution >= 0.6 is 0 Å². The molecule has 0 aromatic carbocycles. The minimum Gasteiger partial charge on any atom is -0.436 e. The van der Waals surface area contributed by atoms with Crippen molar-refractivity contribution in [2.24, 2.45) is 35.3 Å². The zero-order chi connectivity index (χ0) is 35.4. The average molecular weight is 711 g/mol. The molecule has 0 spiro atoms. The van der Waals surface area contributed by atoms with E-state index in [0.717, 1.165) is 38.5 Å². The molecule has 2 saturated heterocycles. The number of hydrogen-bond acceptors (Lipinski definition) is 10. The second kappa shape index (κ2) is 24.9. The molecule has 49 heavy (non-hydrogen) atoms. The third kappa shape index (κ3) is 19.3. The molecule has 0 radical (unpaired) electrons. The Bertz CT molecular complexity index is 871. The predicted molar refractivity (Wildman–Crippen MR) is 196 cm³/mol. The van der Waals surface area contributed by atoms with Crippen LogP contribution in [0, 0.1) is 29.6 Å². The van der Waals surface area contributed by atoms with E-state index in [4.69, 9.17) is 24.7 Å². The molecule has 2 heterocycles. The topological polar surface area (TPSA) is 204 Å². The Kier molecular flexibility index (Phi) is 26.5. The van der Waals surface area contributed by atoms with Crippen molar-refractivity contribution in [3.8, 4) is 0 Å². The SMILES string of the molecule is C.CC1CC(N(C)C)CC(O)O1.CCC[C@@H](C)C(=O)[C@H](C)C[C@](C)(N)CC(C)C(O[C@H]1C[C@H](C)CC(C)O1)C(C)C(=O)O[C@@H](O)CC.O.O. The van der Waals surface area contributed by atoms with Crippen molar-refractivity contribution in [3.05, 3.63) is 0 Å². The van der Waals surface area contributed by atoms with Crippen LogP contribution in [0.2, 0.25) is 0 Å². The highest BCUT2D eigenvalue weighted by molar-refractivity contribution is 5.82. The van der Waals surface area contributed by atoms with E-state index < -0.39 is 42.4 Å². The van der Waals surface area contributed by atoms with Gasteiger partial charge in [-0.3, -0.25) is 9.59 Å². The molecule has 8 N–H and O–H groups in total. The van der Waals surface area contributed by atoms with Crippen LogP contribution in [0.15, 0.2) is 0 Å². The standard InChI is InChI=1S/C28H53NO6.C8H17NO2.CH4.2H2O/c1-10-12-18(4)25(31)19(5)15-28(9,29)16-20(6)26(22(8)27(32)34-23(30)11-2)35-24-14-17(3)13-21(7)33-24;1-6-4-7(9(2)3)5-8(10)11-6;;;/h17-24,26,30H,10-16,29H2,1-9H3;6-8,10H,4-5H2,1-3H3;1H4;2*1H2/t17-,18-,19-,20?,21?,22?,23-,24+,26?,28+;;;;/m1..../s1.